The molecule has 0 saturated heterocycles. The Kier molecular flexibility index (Phi) is 5.17. The number of nitrogens with zero attached hydrogens (tertiary/aromatic N) is 1. The maximum absolute atomic E-state index is 13.2. The van der Waals surface area contributed by atoms with Crippen LogP contribution in [0.25, 0.3) is 22.8 Å². The zero-order valence-electron chi connectivity index (χ0n) is 18.1. The molecule has 0 unspecified atom stereocenters. The summed E-state index contributed by atoms with van der Waals surface area (Å²) in [6, 6.07) is 16.3. The Morgan fingerprint density at radius 2 is 1.88 bits per heavy atom. The topological polar surface area (TPSA) is 73.4 Å². The molecule has 0 spiro atoms. The Labute approximate surface area is 187 Å². The average Bonchev–Trinajstić information content (AvgIpc) is 3.28. The number of amides is 1. The highest BCUT2D eigenvalue weighted by Gasteiger charge is 2.31. The number of carbonyl (C=O) groups excluding carboxylic acids is 1. The molecule has 0 atom stereocenters. The summed E-state index contributed by atoms with van der Waals surface area (Å²) in [5, 5.41) is 9.23. The first-order valence-corrected chi connectivity index (χ1v) is 11.2. The van der Waals surface area contributed by atoms with Gasteiger partial charge in [-0.2, -0.15) is 0 Å². The lowest BCUT2D eigenvalue weighted by Crippen LogP contribution is -2.20. The molecule has 1 aliphatic carbocycles. The molecular formula is C27H26N2O3. The Morgan fingerprint density at radius 3 is 2.66 bits per heavy atom. The van der Waals surface area contributed by atoms with Crippen LogP contribution in [0.3, 0.4) is 0 Å². The van der Waals surface area contributed by atoms with Crippen LogP contribution in [-0.2, 0) is 28.9 Å². The molecule has 5 heteroatoms. The predicted octanol–water partition coefficient (Wildman–Crippen LogP) is 5.09. The highest BCUT2D eigenvalue weighted by atomic mass is 16.4. The van der Waals surface area contributed by atoms with Crippen molar-refractivity contribution in [3.05, 3.63) is 76.6 Å². The summed E-state index contributed by atoms with van der Waals surface area (Å²) in [4.78, 5) is 29.6. The first-order chi connectivity index (χ1) is 15.5. The SMILES string of the molecule is CN1C(=O)/C(=C\c2[nH]c3c(c2CCC(=O)O)CCCC3)c2ccc(-c3ccccc3)cc21. The number of hydrogen-bond acceptors (Lipinski definition) is 2. The number of nitrogens with one attached hydrogen (secondary N) is 1. The van der Waals surface area contributed by atoms with Gasteiger partial charge in [0.05, 0.1) is 11.3 Å². The van der Waals surface area contributed by atoms with E-state index in [1.165, 1.54) is 11.3 Å². The Morgan fingerprint density at radius 1 is 1.09 bits per heavy atom. The minimum absolute atomic E-state index is 0.0398. The molecule has 0 saturated carbocycles. The predicted molar refractivity (Wildman–Crippen MR) is 127 cm³/mol. The number of aromatic nitrogens is 1. The minimum Gasteiger partial charge on any atom is -0.481 e. The van der Waals surface area contributed by atoms with Gasteiger partial charge in [-0.1, -0.05) is 42.5 Å². The first-order valence-electron chi connectivity index (χ1n) is 11.2. The molecule has 3 aromatic rings. The van der Waals surface area contributed by atoms with Crippen LogP contribution in [0.4, 0.5) is 5.69 Å². The molecule has 0 bridgehead atoms. The number of likely N-dealkylation sites (N-methyl/N-ethyl adjacent to an activating group) is 1. The smallest absolute Gasteiger partial charge is 0.303 e. The molecule has 2 aromatic carbocycles. The van der Waals surface area contributed by atoms with E-state index in [1.54, 1.807) is 4.90 Å². The van der Waals surface area contributed by atoms with E-state index in [-0.39, 0.29) is 12.3 Å². The minimum atomic E-state index is -0.801. The lowest BCUT2D eigenvalue weighted by atomic mass is 9.92. The summed E-state index contributed by atoms with van der Waals surface area (Å²) < 4.78 is 0. The fourth-order valence-corrected chi connectivity index (χ4v) is 4.95. The Balaban J connectivity index is 1.58. The quantitative estimate of drug-likeness (QED) is 0.558. The van der Waals surface area contributed by atoms with Gasteiger partial charge >= 0.3 is 5.97 Å². The third-order valence-electron chi connectivity index (χ3n) is 6.61. The Bertz CT molecular complexity index is 1240. The van der Waals surface area contributed by atoms with Crippen LogP contribution in [0, 0.1) is 0 Å². The van der Waals surface area contributed by atoms with Crippen molar-refractivity contribution in [2.45, 2.75) is 38.5 Å². The summed E-state index contributed by atoms with van der Waals surface area (Å²) in [5.41, 5.74) is 9.03. The van der Waals surface area contributed by atoms with Gasteiger partial charge in [-0.05, 0) is 66.5 Å². The molecule has 2 N–H and O–H groups in total. The zero-order valence-corrected chi connectivity index (χ0v) is 18.1. The second-order valence-corrected chi connectivity index (χ2v) is 8.60. The van der Waals surface area contributed by atoms with E-state index < -0.39 is 5.97 Å². The average molecular weight is 427 g/mol. The molecule has 1 aromatic heterocycles. The summed E-state index contributed by atoms with van der Waals surface area (Å²) in [6.45, 7) is 0. The van der Waals surface area contributed by atoms with E-state index in [2.05, 4.69) is 29.2 Å². The molecule has 2 heterocycles. The third-order valence-corrected chi connectivity index (χ3v) is 6.61. The molecule has 0 radical (unpaired) electrons. The van der Waals surface area contributed by atoms with Crippen LogP contribution in [-0.4, -0.2) is 29.0 Å². The van der Waals surface area contributed by atoms with Gasteiger partial charge in [0, 0.05) is 30.4 Å². The van der Waals surface area contributed by atoms with Crippen LogP contribution in [0.15, 0.2) is 48.5 Å². The number of hydrogen-bond donors (Lipinski definition) is 2. The van der Waals surface area contributed by atoms with E-state index >= 15 is 0 Å². The van der Waals surface area contributed by atoms with E-state index in [0.29, 0.717) is 12.0 Å². The van der Waals surface area contributed by atoms with Crippen molar-refractivity contribution in [1.29, 1.82) is 0 Å². The van der Waals surface area contributed by atoms with Crippen molar-refractivity contribution in [3.63, 3.8) is 0 Å². The highest BCUT2D eigenvalue weighted by molar-refractivity contribution is 6.35. The first kappa shape index (κ1) is 20.3. The molecule has 0 fully saturated rings. The summed E-state index contributed by atoms with van der Waals surface area (Å²) >= 11 is 0. The molecule has 162 valence electrons. The van der Waals surface area contributed by atoms with Crippen LogP contribution >= 0.6 is 0 Å². The number of carboxylic acids is 1. The van der Waals surface area contributed by atoms with E-state index in [1.807, 2.05) is 37.4 Å². The lowest BCUT2D eigenvalue weighted by molar-refractivity contribution is -0.137. The molecule has 1 aliphatic heterocycles. The van der Waals surface area contributed by atoms with Crippen molar-refractivity contribution < 1.29 is 14.7 Å². The summed E-state index contributed by atoms with van der Waals surface area (Å²) in [6.07, 6.45) is 6.69. The maximum Gasteiger partial charge on any atom is 0.303 e. The lowest BCUT2D eigenvalue weighted by Gasteiger charge is -2.12. The third kappa shape index (κ3) is 3.54. The molecule has 5 nitrogen and oxygen atoms in total. The number of aryl methyl sites for hydroxylation is 1. The Hall–Kier alpha value is -3.60. The van der Waals surface area contributed by atoms with Gasteiger partial charge in [0.1, 0.15) is 0 Å². The number of rotatable bonds is 5. The monoisotopic (exact) mass is 426 g/mol. The van der Waals surface area contributed by atoms with Gasteiger partial charge in [-0.3, -0.25) is 9.59 Å². The van der Waals surface area contributed by atoms with Crippen molar-refractivity contribution in [1.82, 2.24) is 4.98 Å². The van der Waals surface area contributed by atoms with Gasteiger partial charge in [-0.25, -0.2) is 0 Å². The molecule has 1 amide bonds. The van der Waals surface area contributed by atoms with Crippen LogP contribution in [0.2, 0.25) is 0 Å². The second-order valence-electron chi connectivity index (χ2n) is 8.60. The van der Waals surface area contributed by atoms with Crippen molar-refractivity contribution in [2.75, 3.05) is 11.9 Å². The van der Waals surface area contributed by atoms with E-state index in [0.717, 1.165) is 59.3 Å². The summed E-state index contributed by atoms with van der Waals surface area (Å²) in [7, 11) is 1.81. The van der Waals surface area contributed by atoms with Crippen molar-refractivity contribution in [2.24, 2.45) is 0 Å². The number of H-pyrrole nitrogens is 1. The fourth-order valence-electron chi connectivity index (χ4n) is 4.95. The van der Waals surface area contributed by atoms with Gasteiger partial charge < -0.3 is 15.0 Å². The van der Waals surface area contributed by atoms with Gasteiger partial charge in [-0.15, -0.1) is 0 Å². The highest BCUT2D eigenvalue weighted by Crippen LogP contribution is 2.40. The van der Waals surface area contributed by atoms with Crippen molar-refractivity contribution in [3.8, 4) is 11.1 Å². The van der Waals surface area contributed by atoms with Crippen LogP contribution < -0.4 is 4.90 Å². The standard InChI is InChI=1S/C27H26N2O3/c1-29-25-15-18(17-7-3-2-4-8-17)11-12-21(25)22(27(29)32)16-24-20(13-14-26(30)31)19-9-5-6-10-23(19)28-24/h2-4,7-8,11-12,15-16,28H,5-6,9-10,13-14H2,1H3,(H,30,31)/b22-16-. The maximum atomic E-state index is 13.2. The number of aromatic amines is 1. The number of carboxylic acid groups (broad SMARTS) is 1. The molecule has 32 heavy (non-hydrogen) atoms. The van der Waals surface area contributed by atoms with E-state index in [4.69, 9.17) is 0 Å². The zero-order chi connectivity index (χ0) is 22.2. The number of benzene rings is 2. The number of aliphatic carboxylic acids is 1. The van der Waals surface area contributed by atoms with Gasteiger partial charge in [0.25, 0.3) is 5.91 Å². The number of carbonyl (C=O) groups is 2. The number of anilines is 1. The summed E-state index contributed by atoms with van der Waals surface area (Å²) in [5.74, 6) is -0.841. The van der Waals surface area contributed by atoms with Crippen LogP contribution in [0.5, 0.6) is 0 Å². The van der Waals surface area contributed by atoms with Gasteiger partial charge in [0.2, 0.25) is 0 Å². The van der Waals surface area contributed by atoms with Crippen molar-refractivity contribution >= 4 is 29.2 Å². The normalized spacial score (nSPS) is 16.3. The van der Waals surface area contributed by atoms with Crippen LogP contribution in [0.1, 0.15) is 47.3 Å². The molecule has 5 rings (SSSR count). The largest absolute Gasteiger partial charge is 0.481 e. The van der Waals surface area contributed by atoms with Gasteiger partial charge in [0.15, 0.2) is 0 Å². The van der Waals surface area contributed by atoms with E-state index in [9.17, 15) is 14.7 Å². The fraction of sp³-hybridized carbons (Fsp3) is 0.259. The molecule has 2 aliphatic rings. The second kappa shape index (κ2) is 8.15. The number of fused-ring (bicyclic) bond motifs is 2. The molecular weight excluding hydrogens is 400 g/mol.